The Hall–Kier alpha value is -2.39. The lowest BCUT2D eigenvalue weighted by Gasteiger charge is -2.29. The third-order valence-corrected chi connectivity index (χ3v) is 4.77. The standard InChI is InChI=1S/C22H25NO2/c1-16(2)20-19(13-14-24)22(25)23(15-17-9-5-3-6-10-17)21(20)18-11-7-4-8-12-18/h3-12,16,21,24H,13-15H2,1-2H3. The molecule has 130 valence electrons. The summed E-state index contributed by atoms with van der Waals surface area (Å²) in [5.41, 5.74) is 4.16. The highest BCUT2D eigenvalue weighted by Gasteiger charge is 2.40. The van der Waals surface area contributed by atoms with Gasteiger partial charge in [-0.3, -0.25) is 4.79 Å². The molecule has 0 saturated carbocycles. The van der Waals surface area contributed by atoms with Crippen molar-refractivity contribution in [1.29, 1.82) is 0 Å². The number of hydrogen-bond donors (Lipinski definition) is 1. The molecule has 0 bridgehead atoms. The largest absolute Gasteiger partial charge is 0.396 e. The molecule has 1 heterocycles. The summed E-state index contributed by atoms with van der Waals surface area (Å²) < 4.78 is 0. The Morgan fingerprint density at radius 3 is 2.16 bits per heavy atom. The molecule has 2 aromatic rings. The van der Waals surface area contributed by atoms with Crippen LogP contribution in [-0.4, -0.2) is 22.5 Å². The van der Waals surface area contributed by atoms with Gasteiger partial charge in [0.25, 0.3) is 5.91 Å². The third-order valence-electron chi connectivity index (χ3n) is 4.77. The van der Waals surface area contributed by atoms with Gasteiger partial charge in [-0.2, -0.15) is 0 Å². The third kappa shape index (κ3) is 3.52. The minimum Gasteiger partial charge on any atom is -0.396 e. The van der Waals surface area contributed by atoms with Gasteiger partial charge in [0, 0.05) is 25.1 Å². The van der Waals surface area contributed by atoms with E-state index in [0.717, 1.165) is 22.3 Å². The molecular weight excluding hydrogens is 310 g/mol. The van der Waals surface area contributed by atoms with Crippen LogP contribution in [0.25, 0.3) is 0 Å². The minimum atomic E-state index is -0.0598. The Morgan fingerprint density at radius 1 is 1.00 bits per heavy atom. The predicted octanol–water partition coefficient (Wildman–Crippen LogP) is 4.11. The van der Waals surface area contributed by atoms with Crippen LogP contribution in [0.1, 0.15) is 37.4 Å². The average Bonchev–Trinajstić information content (AvgIpc) is 2.90. The van der Waals surface area contributed by atoms with E-state index in [-0.39, 0.29) is 24.5 Å². The van der Waals surface area contributed by atoms with Gasteiger partial charge in [0.15, 0.2) is 0 Å². The molecule has 25 heavy (non-hydrogen) atoms. The van der Waals surface area contributed by atoms with Crippen LogP contribution >= 0.6 is 0 Å². The molecule has 1 N–H and O–H groups in total. The van der Waals surface area contributed by atoms with Crippen LogP contribution in [0.4, 0.5) is 0 Å². The number of nitrogens with zero attached hydrogens (tertiary/aromatic N) is 1. The second-order valence-electron chi connectivity index (χ2n) is 6.79. The lowest BCUT2D eigenvalue weighted by molar-refractivity contribution is -0.128. The van der Waals surface area contributed by atoms with Crippen molar-refractivity contribution < 1.29 is 9.90 Å². The summed E-state index contributed by atoms with van der Waals surface area (Å²) >= 11 is 0. The van der Waals surface area contributed by atoms with Crippen molar-refractivity contribution >= 4 is 5.91 Å². The van der Waals surface area contributed by atoms with Gasteiger partial charge in [0.1, 0.15) is 0 Å². The lowest BCUT2D eigenvalue weighted by Crippen LogP contribution is -2.30. The fraction of sp³-hybridized carbons (Fsp3) is 0.318. The molecule has 3 rings (SSSR count). The Morgan fingerprint density at radius 2 is 1.60 bits per heavy atom. The Labute approximate surface area is 149 Å². The van der Waals surface area contributed by atoms with Gasteiger partial charge in [0.05, 0.1) is 6.04 Å². The van der Waals surface area contributed by atoms with Gasteiger partial charge in [-0.15, -0.1) is 0 Å². The van der Waals surface area contributed by atoms with E-state index in [9.17, 15) is 9.90 Å². The number of amides is 1. The average molecular weight is 335 g/mol. The summed E-state index contributed by atoms with van der Waals surface area (Å²) in [5.74, 6) is 0.298. The van der Waals surface area contributed by atoms with Crippen molar-refractivity contribution in [2.24, 2.45) is 5.92 Å². The van der Waals surface area contributed by atoms with E-state index < -0.39 is 0 Å². The molecule has 0 aliphatic carbocycles. The van der Waals surface area contributed by atoms with Crippen LogP contribution in [0.2, 0.25) is 0 Å². The summed E-state index contributed by atoms with van der Waals surface area (Å²) in [4.78, 5) is 15.1. The number of aliphatic hydroxyl groups excluding tert-OH is 1. The molecule has 1 unspecified atom stereocenters. The van der Waals surface area contributed by atoms with Gasteiger partial charge in [-0.1, -0.05) is 74.5 Å². The molecule has 1 atom stereocenters. The topological polar surface area (TPSA) is 40.5 Å². The number of hydrogen-bond acceptors (Lipinski definition) is 2. The van der Waals surface area contributed by atoms with Gasteiger partial charge in [0.2, 0.25) is 0 Å². The SMILES string of the molecule is CC(C)C1=C(CCO)C(=O)N(Cc2ccccc2)C1c1ccccc1. The maximum Gasteiger partial charge on any atom is 0.250 e. The maximum absolute atomic E-state index is 13.2. The first kappa shape index (κ1) is 17.4. The molecule has 0 radical (unpaired) electrons. The van der Waals surface area contributed by atoms with E-state index in [2.05, 4.69) is 38.1 Å². The van der Waals surface area contributed by atoms with Crippen LogP contribution in [-0.2, 0) is 11.3 Å². The van der Waals surface area contributed by atoms with Crippen LogP contribution in [0.15, 0.2) is 71.8 Å². The molecule has 3 nitrogen and oxygen atoms in total. The number of carbonyl (C=O) groups is 1. The molecule has 1 aliphatic heterocycles. The summed E-state index contributed by atoms with van der Waals surface area (Å²) in [6, 6.07) is 20.2. The van der Waals surface area contributed by atoms with Gasteiger partial charge in [-0.05, 0) is 22.6 Å². The molecule has 0 spiro atoms. The van der Waals surface area contributed by atoms with Gasteiger partial charge in [-0.25, -0.2) is 0 Å². The highest BCUT2D eigenvalue weighted by molar-refractivity contribution is 5.98. The molecule has 1 aliphatic rings. The van der Waals surface area contributed by atoms with Crippen molar-refractivity contribution in [3.8, 4) is 0 Å². The second kappa shape index (κ2) is 7.66. The van der Waals surface area contributed by atoms with Crippen LogP contribution in [0.5, 0.6) is 0 Å². The van der Waals surface area contributed by atoms with Crippen LogP contribution < -0.4 is 0 Å². The highest BCUT2D eigenvalue weighted by Crippen LogP contribution is 2.43. The van der Waals surface area contributed by atoms with E-state index in [1.54, 1.807) is 0 Å². The molecule has 1 amide bonds. The smallest absolute Gasteiger partial charge is 0.250 e. The van der Waals surface area contributed by atoms with Crippen molar-refractivity contribution in [3.05, 3.63) is 82.9 Å². The lowest BCUT2D eigenvalue weighted by atomic mass is 9.88. The molecule has 3 heteroatoms. The van der Waals surface area contributed by atoms with Crippen LogP contribution in [0, 0.1) is 5.92 Å². The fourth-order valence-corrected chi connectivity index (χ4v) is 3.71. The van der Waals surface area contributed by atoms with E-state index in [4.69, 9.17) is 0 Å². The predicted molar refractivity (Wildman–Crippen MR) is 99.7 cm³/mol. The monoisotopic (exact) mass is 335 g/mol. The first-order chi connectivity index (χ1) is 12.1. The summed E-state index contributed by atoms with van der Waals surface area (Å²) in [6.45, 7) is 4.83. The van der Waals surface area contributed by atoms with Crippen molar-refractivity contribution in [3.63, 3.8) is 0 Å². The van der Waals surface area contributed by atoms with Gasteiger partial charge >= 0.3 is 0 Å². The zero-order chi connectivity index (χ0) is 17.8. The van der Waals surface area contributed by atoms with E-state index in [0.29, 0.717) is 13.0 Å². The van der Waals surface area contributed by atoms with Crippen molar-refractivity contribution in [2.45, 2.75) is 32.9 Å². The molecule has 0 fully saturated rings. The molecule has 0 aromatic heterocycles. The Kier molecular flexibility index (Phi) is 5.34. The first-order valence-electron chi connectivity index (χ1n) is 8.87. The quantitative estimate of drug-likeness (QED) is 0.863. The van der Waals surface area contributed by atoms with E-state index in [1.807, 2.05) is 41.3 Å². The highest BCUT2D eigenvalue weighted by atomic mass is 16.3. The number of rotatable bonds is 6. The first-order valence-corrected chi connectivity index (χ1v) is 8.87. The number of carbonyl (C=O) groups excluding carboxylic acids is 1. The Bertz CT molecular complexity index is 750. The van der Waals surface area contributed by atoms with Crippen molar-refractivity contribution in [2.75, 3.05) is 6.61 Å². The maximum atomic E-state index is 13.2. The fourth-order valence-electron chi connectivity index (χ4n) is 3.71. The molecule has 0 saturated heterocycles. The molecular formula is C22H25NO2. The number of benzene rings is 2. The minimum absolute atomic E-state index is 0.00200. The van der Waals surface area contributed by atoms with Crippen molar-refractivity contribution in [1.82, 2.24) is 4.90 Å². The summed E-state index contributed by atoms with van der Waals surface area (Å²) in [7, 11) is 0. The summed E-state index contributed by atoms with van der Waals surface area (Å²) in [6.07, 6.45) is 0.418. The van der Waals surface area contributed by atoms with Crippen LogP contribution in [0.3, 0.4) is 0 Å². The van der Waals surface area contributed by atoms with E-state index in [1.165, 1.54) is 0 Å². The number of aliphatic hydroxyl groups is 1. The Balaban J connectivity index is 2.05. The van der Waals surface area contributed by atoms with Gasteiger partial charge < -0.3 is 10.0 Å². The molecule has 2 aromatic carbocycles. The van der Waals surface area contributed by atoms with E-state index >= 15 is 0 Å². The summed E-state index contributed by atoms with van der Waals surface area (Å²) in [5, 5.41) is 9.47. The normalized spacial score (nSPS) is 17.7. The second-order valence-corrected chi connectivity index (χ2v) is 6.79. The zero-order valence-electron chi connectivity index (χ0n) is 14.9. The zero-order valence-corrected chi connectivity index (χ0v) is 14.9.